The van der Waals surface area contributed by atoms with Gasteiger partial charge in [-0.1, -0.05) is 49.0 Å². The van der Waals surface area contributed by atoms with Crippen molar-refractivity contribution in [3.8, 4) is 0 Å². The monoisotopic (exact) mass is 295 g/mol. The van der Waals surface area contributed by atoms with E-state index in [4.69, 9.17) is 0 Å². The van der Waals surface area contributed by atoms with E-state index in [-0.39, 0.29) is 11.6 Å². The molecule has 2 aromatic carbocycles. The van der Waals surface area contributed by atoms with E-state index in [1.807, 2.05) is 67.5 Å². The maximum atomic E-state index is 11.3. The number of hydrogen-bond acceptors (Lipinski definition) is 3. The summed E-state index contributed by atoms with van der Waals surface area (Å²) in [5.74, 6) is 0.0827. The van der Waals surface area contributed by atoms with Crippen molar-refractivity contribution in [3.63, 3.8) is 0 Å². The van der Waals surface area contributed by atoms with Crippen LogP contribution in [0.3, 0.4) is 0 Å². The predicted octanol–water partition coefficient (Wildman–Crippen LogP) is 4.01. The Morgan fingerprint density at radius 3 is 2.00 bits per heavy atom. The molecule has 0 aliphatic heterocycles. The van der Waals surface area contributed by atoms with E-state index in [9.17, 15) is 9.59 Å². The molecule has 114 valence electrons. The second-order valence-electron chi connectivity index (χ2n) is 4.94. The van der Waals surface area contributed by atoms with Gasteiger partial charge in [0.05, 0.1) is 0 Å². The van der Waals surface area contributed by atoms with Crippen LogP contribution >= 0.6 is 0 Å². The Balaban J connectivity index is 0.000000235. The molecule has 0 spiro atoms. The molecular weight excluding hydrogens is 274 g/mol. The normalized spacial score (nSPS) is 9.23. The first-order valence-electron chi connectivity index (χ1n) is 6.96. The minimum atomic E-state index is -0.0382. The fourth-order valence-corrected chi connectivity index (χ4v) is 1.73. The maximum Gasteiger partial charge on any atom is 0.185 e. The van der Waals surface area contributed by atoms with E-state index < -0.39 is 0 Å². The largest absolute Gasteiger partial charge is 0.378 e. The van der Waals surface area contributed by atoms with Crippen LogP contribution in [0.2, 0.25) is 0 Å². The number of anilines is 1. The van der Waals surface area contributed by atoms with Crippen molar-refractivity contribution in [1.29, 1.82) is 0 Å². The number of Topliss-reactive ketones (excluding diaryl/α,β-unsaturated/α-hetero) is 1. The SMILES string of the molecule is C=CC(=O)c1cccc(N(C)C)c1.CC(=O)c1ccccc1. The standard InChI is InChI=1S/C11H13NO.C8H8O/c1-4-11(13)9-6-5-7-10(8-9)12(2)3;1-7(9)8-5-3-2-4-6-8/h4-8H,1H2,2-3H3;2-6H,1H3. The average molecular weight is 295 g/mol. The summed E-state index contributed by atoms with van der Waals surface area (Å²) in [7, 11) is 3.88. The zero-order valence-corrected chi connectivity index (χ0v) is 13.2. The van der Waals surface area contributed by atoms with Gasteiger partial charge in [-0.25, -0.2) is 0 Å². The molecule has 0 saturated carbocycles. The smallest absolute Gasteiger partial charge is 0.185 e. The number of carbonyl (C=O) groups is 2. The van der Waals surface area contributed by atoms with Crippen LogP contribution in [-0.4, -0.2) is 25.7 Å². The molecule has 0 fully saturated rings. The second kappa shape index (κ2) is 8.57. The first-order valence-corrected chi connectivity index (χ1v) is 6.96. The summed E-state index contributed by atoms with van der Waals surface area (Å²) in [6, 6.07) is 16.7. The Bertz CT molecular complexity index is 645. The highest BCUT2D eigenvalue weighted by atomic mass is 16.1. The molecular formula is C19H21NO2. The number of rotatable bonds is 4. The van der Waals surface area contributed by atoms with Crippen molar-refractivity contribution in [2.45, 2.75) is 6.92 Å². The third-order valence-corrected chi connectivity index (χ3v) is 3.01. The zero-order valence-electron chi connectivity index (χ0n) is 13.2. The fourth-order valence-electron chi connectivity index (χ4n) is 1.73. The van der Waals surface area contributed by atoms with Crippen molar-refractivity contribution in [1.82, 2.24) is 0 Å². The van der Waals surface area contributed by atoms with E-state index in [2.05, 4.69) is 6.58 Å². The topological polar surface area (TPSA) is 37.4 Å². The molecule has 0 atom stereocenters. The maximum absolute atomic E-state index is 11.3. The first kappa shape index (κ1) is 17.4. The summed E-state index contributed by atoms with van der Waals surface area (Å²) in [4.78, 5) is 23.9. The molecule has 0 aromatic heterocycles. The Morgan fingerprint density at radius 1 is 0.955 bits per heavy atom. The van der Waals surface area contributed by atoms with E-state index in [1.54, 1.807) is 13.0 Å². The van der Waals surface area contributed by atoms with Crippen LogP contribution < -0.4 is 4.90 Å². The molecule has 0 heterocycles. The summed E-state index contributed by atoms with van der Waals surface area (Å²) < 4.78 is 0. The highest BCUT2D eigenvalue weighted by molar-refractivity contribution is 6.04. The van der Waals surface area contributed by atoms with Gasteiger partial charge in [0.25, 0.3) is 0 Å². The van der Waals surface area contributed by atoms with Crippen LogP contribution in [0.1, 0.15) is 27.6 Å². The molecule has 0 N–H and O–H groups in total. The van der Waals surface area contributed by atoms with Crippen molar-refractivity contribution < 1.29 is 9.59 Å². The summed E-state index contributed by atoms with van der Waals surface area (Å²) in [6.07, 6.45) is 1.33. The van der Waals surface area contributed by atoms with E-state index in [0.717, 1.165) is 11.3 Å². The van der Waals surface area contributed by atoms with Crippen LogP contribution in [0.5, 0.6) is 0 Å². The summed E-state index contributed by atoms with van der Waals surface area (Å²) in [5.41, 5.74) is 2.48. The minimum Gasteiger partial charge on any atom is -0.378 e. The van der Waals surface area contributed by atoms with Crippen LogP contribution in [-0.2, 0) is 0 Å². The van der Waals surface area contributed by atoms with Gasteiger partial charge in [0.1, 0.15) is 0 Å². The van der Waals surface area contributed by atoms with Gasteiger partial charge in [-0.2, -0.15) is 0 Å². The molecule has 3 nitrogen and oxygen atoms in total. The molecule has 0 radical (unpaired) electrons. The van der Waals surface area contributed by atoms with E-state index in [0.29, 0.717) is 5.56 Å². The molecule has 0 unspecified atom stereocenters. The number of benzene rings is 2. The Morgan fingerprint density at radius 2 is 1.55 bits per heavy atom. The molecule has 2 aromatic rings. The van der Waals surface area contributed by atoms with Gasteiger partial charge in [0.2, 0.25) is 0 Å². The highest BCUT2D eigenvalue weighted by Gasteiger charge is 2.02. The highest BCUT2D eigenvalue weighted by Crippen LogP contribution is 2.13. The van der Waals surface area contributed by atoms with E-state index in [1.165, 1.54) is 6.08 Å². The van der Waals surface area contributed by atoms with Gasteiger partial charge >= 0.3 is 0 Å². The third kappa shape index (κ3) is 5.37. The van der Waals surface area contributed by atoms with Gasteiger partial charge in [-0.05, 0) is 25.1 Å². The van der Waals surface area contributed by atoms with Crippen molar-refractivity contribution in [3.05, 3.63) is 78.4 Å². The predicted molar refractivity (Wildman–Crippen MR) is 91.7 cm³/mol. The number of carbonyl (C=O) groups excluding carboxylic acids is 2. The summed E-state index contributed by atoms with van der Waals surface area (Å²) in [6.45, 7) is 5.01. The molecule has 0 aliphatic carbocycles. The number of ketones is 2. The van der Waals surface area contributed by atoms with Gasteiger partial charge in [0, 0.05) is 30.9 Å². The third-order valence-electron chi connectivity index (χ3n) is 3.01. The van der Waals surface area contributed by atoms with Crippen molar-refractivity contribution in [2.24, 2.45) is 0 Å². The number of nitrogens with zero attached hydrogens (tertiary/aromatic N) is 1. The lowest BCUT2D eigenvalue weighted by Gasteiger charge is -2.12. The van der Waals surface area contributed by atoms with Crippen LogP contribution in [0.15, 0.2) is 67.3 Å². The molecule has 0 aliphatic rings. The Hall–Kier alpha value is -2.68. The summed E-state index contributed by atoms with van der Waals surface area (Å²) in [5, 5.41) is 0. The lowest BCUT2D eigenvalue weighted by atomic mass is 10.1. The molecule has 0 bridgehead atoms. The average Bonchev–Trinajstić information content (AvgIpc) is 2.55. The fraction of sp³-hybridized carbons (Fsp3) is 0.158. The molecule has 0 saturated heterocycles. The van der Waals surface area contributed by atoms with Gasteiger partial charge in [-0.3, -0.25) is 9.59 Å². The number of hydrogen-bond donors (Lipinski definition) is 0. The molecule has 0 amide bonds. The van der Waals surface area contributed by atoms with Gasteiger partial charge < -0.3 is 4.90 Å². The first-order chi connectivity index (χ1) is 10.5. The summed E-state index contributed by atoms with van der Waals surface area (Å²) >= 11 is 0. The lowest BCUT2D eigenvalue weighted by molar-refractivity contribution is 0.101. The van der Waals surface area contributed by atoms with Crippen molar-refractivity contribution in [2.75, 3.05) is 19.0 Å². The lowest BCUT2D eigenvalue weighted by Crippen LogP contribution is -2.09. The Labute approximate surface area is 131 Å². The Kier molecular flexibility index (Phi) is 6.77. The second-order valence-corrected chi connectivity index (χ2v) is 4.94. The molecule has 3 heteroatoms. The quantitative estimate of drug-likeness (QED) is 0.632. The van der Waals surface area contributed by atoms with Gasteiger partial charge in [0.15, 0.2) is 11.6 Å². The van der Waals surface area contributed by atoms with Crippen molar-refractivity contribution >= 4 is 17.3 Å². The minimum absolute atomic E-state index is 0.0382. The van der Waals surface area contributed by atoms with Gasteiger partial charge in [-0.15, -0.1) is 0 Å². The van der Waals surface area contributed by atoms with Crippen LogP contribution in [0, 0.1) is 0 Å². The van der Waals surface area contributed by atoms with E-state index >= 15 is 0 Å². The molecule has 22 heavy (non-hydrogen) atoms. The van der Waals surface area contributed by atoms with Crippen LogP contribution in [0.4, 0.5) is 5.69 Å². The van der Waals surface area contributed by atoms with Crippen LogP contribution in [0.25, 0.3) is 0 Å². The number of allylic oxidation sites excluding steroid dienone is 1. The molecule has 2 rings (SSSR count). The zero-order chi connectivity index (χ0) is 16.5.